The first-order valence-corrected chi connectivity index (χ1v) is 6.48. The molecule has 3 N–H and O–H groups in total. The molecule has 5 nitrogen and oxygen atoms in total. The minimum atomic E-state index is -0.293. The molecule has 0 bridgehead atoms. The van der Waals surface area contributed by atoms with Crippen LogP contribution in [0.4, 0.5) is 5.69 Å². The molecule has 1 unspecified atom stereocenters. The van der Waals surface area contributed by atoms with Crippen molar-refractivity contribution in [2.24, 2.45) is 5.73 Å². The molecule has 1 aliphatic heterocycles. The Balaban J connectivity index is 2.27. The van der Waals surface area contributed by atoms with Gasteiger partial charge in [-0.1, -0.05) is 19.1 Å². The quantitative estimate of drug-likeness (QED) is 0.794. The monoisotopic (exact) mass is 261 g/mol. The molecule has 19 heavy (non-hydrogen) atoms. The van der Waals surface area contributed by atoms with Gasteiger partial charge >= 0.3 is 0 Å². The van der Waals surface area contributed by atoms with Gasteiger partial charge in [0.25, 0.3) is 0 Å². The number of carbonyl (C=O) groups is 2. The number of nitrogens with zero attached hydrogens (tertiary/aromatic N) is 1. The molecule has 1 heterocycles. The van der Waals surface area contributed by atoms with Crippen LogP contribution >= 0.6 is 0 Å². The van der Waals surface area contributed by atoms with E-state index in [4.69, 9.17) is 5.73 Å². The van der Waals surface area contributed by atoms with Crippen LogP contribution < -0.4 is 16.0 Å². The molecule has 102 valence electrons. The molecular formula is C14H19N3O2. The van der Waals surface area contributed by atoms with E-state index in [0.717, 1.165) is 11.3 Å². The van der Waals surface area contributed by atoms with Gasteiger partial charge in [-0.25, -0.2) is 0 Å². The van der Waals surface area contributed by atoms with Crippen LogP contribution in [-0.4, -0.2) is 24.4 Å². The zero-order valence-corrected chi connectivity index (χ0v) is 11.2. The average molecular weight is 261 g/mol. The normalized spacial score (nSPS) is 21.2. The number of nitrogens with one attached hydrogen (secondary N) is 1. The van der Waals surface area contributed by atoms with Crippen LogP contribution in [0, 0.1) is 0 Å². The summed E-state index contributed by atoms with van der Waals surface area (Å²) in [6.45, 7) is 4.06. The summed E-state index contributed by atoms with van der Waals surface area (Å²) in [7, 11) is 0. The lowest BCUT2D eigenvalue weighted by Crippen LogP contribution is -2.58. The molecule has 2 rings (SSSR count). The summed E-state index contributed by atoms with van der Waals surface area (Å²) in [5.74, 6) is -0.485. The maximum absolute atomic E-state index is 11.8. The first kappa shape index (κ1) is 13.5. The molecular weight excluding hydrogens is 242 g/mol. The van der Waals surface area contributed by atoms with Crippen molar-refractivity contribution < 1.29 is 9.59 Å². The van der Waals surface area contributed by atoms with Crippen LogP contribution in [0.25, 0.3) is 0 Å². The van der Waals surface area contributed by atoms with Crippen molar-refractivity contribution in [1.82, 2.24) is 5.32 Å². The molecule has 1 fully saturated rings. The molecule has 5 heteroatoms. The van der Waals surface area contributed by atoms with Gasteiger partial charge in [-0.05, 0) is 31.0 Å². The Morgan fingerprint density at radius 2 is 2.00 bits per heavy atom. The molecule has 0 aliphatic carbocycles. The zero-order chi connectivity index (χ0) is 14.0. The van der Waals surface area contributed by atoms with Gasteiger partial charge in [0, 0.05) is 11.7 Å². The fourth-order valence-electron chi connectivity index (χ4n) is 2.31. The standard InChI is InChI=1S/C14H19N3O2/c1-3-12-14(19)16-13(18)8-17(12)11-6-4-10(5-7-11)9(2)15/h4-7,9,12H,3,8,15H2,1-2H3,(H,16,18,19)/t9-,12?/m0/s1. The highest BCUT2D eigenvalue weighted by molar-refractivity contribution is 6.04. The van der Waals surface area contributed by atoms with E-state index in [-0.39, 0.29) is 30.4 Å². The minimum Gasteiger partial charge on any atom is -0.350 e. The number of hydrogen-bond acceptors (Lipinski definition) is 4. The van der Waals surface area contributed by atoms with Crippen molar-refractivity contribution in [3.05, 3.63) is 29.8 Å². The van der Waals surface area contributed by atoms with E-state index in [2.05, 4.69) is 5.32 Å². The van der Waals surface area contributed by atoms with Gasteiger partial charge in [0.05, 0.1) is 6.54 Å². The summed E-state index contributed by atoms with van der Waals surface area (Å²) in [5.41, 5.74) is 7.71. The summed E-state index contributed by atoms with van der Waals surface area (Å²) < 4.78 is 0. The fraction of sp³-hybridized carbons (Fsp3) is 0.429. The van der Waals surface area contributed by atoms with Crippen LogP contribution in [-0.2, 0) is 9.59 Å². The maximum Gasteiger partial charge on any atom is 0.249 e. The molecule has 1 aliphatic rings. The Morgan fingerprint density at radius 3 is 2.53 bits per heavy atom. The second kappa shape index (κ2) is 5.40. The Kier molecular flexibility index (Phi) is 3.85. The van der Waals surface area contributed by atoms with Gasteiger partial charge in [-0.2, -0.15) is 0 Å². The summed E-state index contributed by atoms with van der Waals surface area (Å²) in [4.78, 5) is 25.1. The van der Waals surface area contributed by atoms with E-state index in [1.165, 1.54) is 0 Å². The van der Waals surface area contributed by atoms with Gasteiger partial charge in [0.2, 0.25) is 11.8 Å². The third kappa shape index (κ3) is 2.76. The van der Waals surface area contributed by atoms with Crippen molar-refractivity contribution >= 4 is 17.5 Å². The number of imide groups is 1. The molecule has 1 aromatic carbocycles. The Morgan fingerprint density at radius 1 is 1.37 bits per heavy atom. The van der Waals surface area contributed by atoms with Crippen molar-refractivity contribution in [2.45, 2.75) is 32.4 Å². The van der Waals surface area contributed by atoms with Gasteiger partial charge in [-0.3, -0.25) is 14.9 Å². The second-order valence-electron chi connectivity index (χ2n) is 4.84. The molecule has 0 radical (unpaired) electrons. The van der Waals surface area contributed by atoms with E-state index in [1.807, 2.05) is 43.0 Å². The van der Waals surface area contributed by atoms with Crippen molar-refractivity contribution in [3.8, 4) is 0 Å². The number of piperazine rings is 1. The van der Waals surface area contributed by atoms with Gasteiger partial charge in [-0.15, -0.1) is 0 Å². The highest BCUT2D eigenvalue weighted by atomic mass is 16.2. The SMILES string of the molecule is CCC1C(=O)NC(=O)CN1c1ccc([C@H](C)N)cc1. The molecule has 0 saturated carbocycles. The second-order valence-corrected chi connectivity index (χ2v) is 4.84. The zero-order valence-electron chi connectivity index (χ0n) is 11.2. The Bertz CT molecular complexity index is 482. The van der Waals surface area contributed by atoms with E-state index < -0.39 is 0 Å². The average Bonchev–Trinajstić information content (AvgIpc) is 2.38. The number of carbonyl (C=O) groups excluding carboxylic acids is 2. The van der Waals surface area contributed by atoms with Crippen LogP contribution in [0.5, 0.6) is 0 Å². The lowest BCUT2D eigenvalue weighted by molar-refractivity contribution is -0.132. The van der Waals surface area contributed by atoms with Crippen molar-refractivity contribution in [1.29, 1.82) is 0 Å². The first-order chi connectivity index (χ1) is 9.02. The molecule has 2 amide bonds. The maximum atomic E-state index is 11.8. The van der Waals surface area contributed by atoms with Crippen LogP contribution in [0.3, 0.4) is 0 Å². The highest BCUT2D eigenvalue weighted by Crippen LogP contribution is 2.22. The summed E-state index contributed by atoms with van der Waals surface area (Å²) in [5, 5.41) is 2.37. The van der Waals surface area contributed by atoms with Gasteiger partial charge < -0.3 is 10.6 Å². The first-order valence-electron chi connectivity index (χ1n) is 6.48. The number of rotatable bonds is 3. The van der Waals surface area contributed by atoms with E-state index in [0.29, 0.717) is 6.42 Å². The third-order valence-electron chi connectivity index (χ3n) is 3.39. The van der Waals surface area contributed by atoms with Crippen LogP contribution in [0.2, 0.25) is 0 Å². The topological polar surface area (TPSA) is 75.4 Å². The Labute approximate surface area is 112 Å². The fourth-order valence-corrected chi connectivity index (χ4v) is 2.31. The minimum absolute atomic E-state index is 0.0256. The number of anilines is 1. The number of benzene rings is 1. The third-order valence-corrected chi connectivity index (χ3v) is 3.39. The predicted octanol–water partition coefficient (Wildman–Crippen LogP) is 0.948. The van der Waals surface area contributed by atoms with Crippen LogP contribution in [0.15, 0.2) is 24.3 Å². The van der Waals surface area contributed by atoms with E-state index in [9.17, 15) is 9.59 Å². The molecule has 2 atom stereocenters. The Hall–Kier alpha value is -1.88. The van der Waals surface area contributed by atoms with Gasteiger partial charge in [0.15, 0.2) is 0 Å². The van der Waals surface area contributed by atoms with E-state index in [1.54, 1.807) is 0 Å². The molecule has 1 aromatic rings. The summed E-state index contributed by atoms with van der Waals surface area (Å²) in [6, 6.07) is 7.37. The highest BCUT2D eigenvalue weighted by Gasteiger charge is 2.32. The summed E-state index contributed by atoms with van der Waals surface area (Å²) in [6.07, 6.45) is 0.661. The lowest BCUT2D eigenvalue weighted by atomic mass is 10.1. The number of amides is 2. The lowest BCUT2D eigenvalue weighted by Gasteiger charge is -2.35. The largest absolute Gasteiger partial charge is 0.350 e. The number of hydrogen-bond donors (Lipinski definition) is 2. The smallest absolute Gasteiger partial charge is 0.249 e. The van der Waals surface area contributed by atoms with Gasteiger partial charge in [0.1, 0.15) is 6.04 Å². The molecule has 0 aromatic heterocycles. The van der Waals surface area contributed by atoms with E-state index >= 15 is 0 Å². The number of nitrogens with two attached hydrogens (primary N) is 1. The van der Waals surface area contributed by atoms with Crippen molar-refractivity contribution in [3.63, 3.8) is 0 Å². The molecule has 0 spiro atoms. The van der Waals surface area contributed by atoms with Crippen LogP contribution in [0.1, 0.15) is 31.9 Å². The summed E-state index contributed by atoms with van der Waals surface area (Å²) >= 11 is 0. The predicted molar refractivity (Wildman–Crippen MR) is 73.6 cm³/mol. The van der Waals surface area contributed by atoms with Crippen molar-refractivity contribution in [2.75, 3.05) is 11.4 Å². The molecule has 1 saturated heterocycles.